The summed E-state index contributed by atoms with van der Waals surface area (Å²) in [6.07, 6.45) is 2.86. The third-order valence-electron chi connectivity index (χ3n) is 4.34. The highest BCUT2D eigenvalue weighted by atomic mass is 79.9. The number of carbonyl (C=O) groups excluding carboxylic acids is 1. The van der Waals surface area contributed by atoms with E-state index in [0.717, 1.165) is 16.5 Å². The molecule has 0 aliphatic rings. The van der Waals surface area contributed by atoms with E-state index in [9.17, 15) is 9.59 Å². The van der Waals surface area contributed by atoms with E-state index in [1.165, 1.54) is 4.68 Å². The Bertz CT molecular complexity index is 1220. The number of nitrogens with zero attached hydrogens (tertiary/aromatic N) is 3. The lowest BCUT2D eigenvalue weighted by Gasteiger charge is -2.11. The van der Waals surface area contributed by atoms with Crippen molar-refractivity contribution in [3.63, 3.8) is 0 Å². The Morgan fingerprint density at radius 1 is 1.22 bits per heavy atom. The average Bonchev–Trinajstić information content (AvgIpc) is 2.73. The number of carbonyl (C=O) groups is 1. The summed E-state index contributed by atoms with van der Waals surface area (Å²) in [6, 6.07) is 10.7. The third-order valence-corrected chi connectivity index (χ3v) is 5.45. The predicted molar refractivity (Wildman–Crippen MR) is 132 cm³/mol. The van der Waals surface area contributed by atoms with E-state index in [2.05, 4.69) is 41.9 Å². The van der Waals surface area contributed by atoms with Crippen LogP contribution in [0, 0.1) is 0 Å². The fraction of sp³-hybridized carbons (Fsp3) is 0.304. The van der Waals surface area contributed by atoms with Crippen molar-refractivity contribution >= 4 is 54.9 Å². The quantitative estimate of drug-likeness (QED) is 0.281. The van der Waals surface area contributed by atoms with Crippen molar-refractivity contribution in [1.82, 2.24) is 9.66 Å². The van der Waals surface area contributed by atoms with Gasteiger partial charge in [0.05, 0.1) is 27.7 Å². The Labute approximate surface area is 202 Å². The first-order valence-corrected chi connectivity index (χ1v) is 11.7. The minimum atomic E-state index is -0.434. The number of fused-ring (bicyclic) bond motifs is 1. The fourth-order valence-corrected chi connectivity index (χ4v) is 3.84. The fourth-order valence-electron chi connectivity index (χ4n) is 2.97. The van der Waals surface area contributed by atoms with Gasteiger partial charge in [0, 0.05) is 10.9 Å². The second kappa shape index (κ2) is 10.9. The molecule has 0 bridgehead atoms. The first kappa shape index (κ1) is 24.1. The molecule has 32 heavy (non-hydrogen) atoms. The molecule has 0 N–H and O–H groups in total. The molecule has 0 atom stereocenters. The third kappa shape index (κ3) is 6.04. The van der Waals surface area contributed by atoms with Crippen molar-refractivity contribution in [2.45, 2.75) is 39.7 Å². The van der Waals surface area contributed by atoms with Crippen LogP contribution in [0.5, 0.6) is 5.75 Å². The first-order valence-electron chi connectivity index (χ1n) is 10.2. The van der Waals surface area contributed by atoms with E-state index in [1.54, 1.807) is 44.3 Å². The average molecular weight is 565 g/mol. The van der Waals surface area contributed by atoms with Gasteiger partial charge in [0.25, 0.3) is 5.56 Å². The second-order valence-corrected chi connectivity index (χ2v) is 9.09. The summed E-state index contributed by atoms with van der Waals surface area (Å²) in [5.41, 5.74) is 1.17. The molecule has 0 spiro atoms. The molecule has 7 nitrogen and oxygen atoms in total. The van der Waals surface area contributed by atoms with Crippen molar-refractivity contribution in [3.05, 3.63) is 67.1 Å². The van der Waals surface area contributed by atoms with Gasteiger partial charge in [0.1, 0.15) is 11.6 Å². The monoisotopic (exact) mass is 563 g/mol. The number of rotatable bonds is 8. The normalized spacial score (nSPS) is 11.4. The highest BCUT2D eigenvalue weighted by Gasteiger charge is 2.11. The topological polar surface area (TPSA) is 82.8 Å². The van der Waals surface area contributed by atoms with Gasteiger partial charge in [-0.05, 0) is 78.2 Å². The summed E-state index contributed by atoms with van der Waals surface area (Å²) in [4.78, 5) is 29.4. The molecule has 0 amide bonds. The number of ether oxygens (including phenoxy) is 2. The van der Waals surface area contributed by atoms with E-state index >= 15 is 0 Å². The summed E-state index contributed by atoms with van der Waals surface area (Å²) in [5.74, 6) is 0.672. The lowest BCUT2D eigenvalue weighted by molar-refractivity contribution is -0.149. The van der Waals surface area contributed by atoms with Gasteiger partial charge in [0.2, 0.25) is 0 Å². The van der Waals surface area contributed by atoms with Gasteiger partial charge >= 0.3 is 5.97 Å². The van der Waals surface area contributed by atoms with Crippen LogP contribution in [0.25, 0.3) is 10.9 Å². The maximum absolute atomic E-state index is 13.1. The second-order valence-electron chi connectivity index (χ2n) is 7.32. The molecule has 168 valence electrons. The summed E-state index contributed by atoms with van der Waals surface area (Å²) in [6.45, 7) is 5.41. The molecule has 3 rings (SSSR count). The van der Waals surface area contributed by atoms with E-state index in [0.29, 0.717) is 33.4 Å². The number of aromatic nitrogens is 2. The van der Waals surface area contributed by atoms with Crippen LogP contribution in [0.15, 0.2) is 55.2 Å². The Hall–Kier alpha value is -2.52. The van der Waals surface area contributed by atoms with Crippen LogP contribution in [0.4, 0.5) is 0 Å². The molecule has 1 heterocycles. The Balaban J connectivity index is 1.86. The maximum atomic E-state index is 13.1. The summed E-state index contributed by atoms with van der Waals surface area (Å²) >= 11 is 6.85. The molecule has 0 aliphatic carbocycles. The highest BCUT2D eigenvalue weighted by molar-refractivity contribution is 9.10. The van der Waals surface area contributed by atoms with E-state index < -0.39 is 5.97 Å². The van der Waals surface area contributed by atoms with Gasteiger partial charge in [-0.1, -0.05) is 22.9 Å². The molecule has 1 aromatic heterocycles. The zero-order valence-electron chi connectivity index (χ0n) is 18.0. The standard InChI is InChI=1S/C23H23Br2N3O4/c1-4-5-21-27-19-8-7-16(24)11-17(19)23(30)28(21)26-12-15-6-9-20(18(25)10-15)31-13-22(29)32-14(2)3/h6-12,14H,4-5,13H2,1-3H3. The van der Waals surface area contributed by atoms with Crippen LogP contribution < -0.4 is 10.3 Å². The van der Waals surface area contributed by atoms with Gasteiger partial charge in [-0.25, -0.2) is 9.78 Å². The van der Waals surface area contributed by atoms with Gasteiger partial charge < -0.3 is 9.47 Å². The number of esters is 1. The van der Waals surface area contributed by atoms with Gasteiger partial charge in [-0.15, -0.1) is 0 Å². The van der Waals surface area contributed by atoms with Crippen molar-refractivity contribution in [1.29, 1.82) is 0 Å². The molecule has 3 aromatic rings. The number of hydrogen-bond acceptors (Lipinski definition) is 6. The molecule has 0 unspecified atom stereocenters. The molecular weight excluding hydrogens is 542 g/mol. The molecule has 0 saturated heterocycles. The lowest BCUT2D eigenvalue weighted by atomic mass is 10.2. The van der Waals surface area contributed by atoms with Crippen molar-refractivity contribution in [2.24, 2.45) is 5.10 Å². The Morgan fingerprint density at radius 3 is 2.69 bits per heavy atom. The van der Waals surface area contributed by atoms with Crippen molar-refractivity contribution in [2.75, 3.05) is 6.61 Å². The van der Waals surface area contributed by atoms with E-state index in [4.69, 9.17) is 9.47 Å². The van der Waals surface area contributed by atoms with Gasteiger partial charge in [0.15, 0.2) is 6.61 Å². The smallest absolute Gasteiger partial charge is 0.344 e. The van der Waals surface area contributed by atoms with Crippen molar-refractivity contribution < 1.29 is 14.3 Å². The molecular formula is C23H23Br2N3O4. The lowest BCUT2D eigenvalue weighted by Crippen LogP contribution is -2.22. The number of halogens is 2. The molecule has 0 fully saturated rings. The van der Waals surface area contributed by atoms with E-state index in [-0.39, 0.29) is 18.3 Å². The number of hydrogen-bond donors (Lipinski definition) is 0. The van der Waals surface area contributed by atoms with Crippen molar-refractivity contribution in [3.8, 4) is 5.75 Å². The number of aryl methyl sites for hydroxylation is 1. The molecule has 0 radical (unpaired) electrons. The van der Waals surface area contributed by atoms with Gasteiger partial charge in [-0.3, -0.25) is 4.79 Å². The predicted octanol–water partition coefficient (Wildman–Crippen LogP) is 5.09. The molecule has 2 aromatic carbocycles. The van der Waals surface area contributed by atoms with Gasteiger partial charge in [-0.2, -0.15) is 9.78 Å². The number of benzene rings is 2. The Morgan fingerprint density at radius 2 is 2.00 bits per heavy atom. The zero-order valence-corrected chi connectivity index (χ0v) is 21.1. The Kier molecular flexibility index (Phi) is 8.20. The van der Waals surface area contributed by atoms with Crippen LogP contribution in [-0.2, 0) is 16.0 Å². The van der Waals surface area contributed by atoms with E-state index in [1.807, 2.05) is 19.1 Å². The SMILES string of the molecule is CCCc1nc2ccc(Br)cc2c(=O)n1N=Cc1ccc(OCC(=O)OC(C)C)c(Br)c1. The largest absolute Gasteiger partial charge is 0.481 e. The summed E-state index contributed by atoms with van der Waals surface area (Å²) < 4.78 is 13.4. The molecule has 0 saturated carbocycles. The first-order chi connectivity index (χ1) is 15.3. The van der Waals surface area contributed by atoms with Crippen LogP contribution >= 0.6 is 31.9 Å². The highest BCUT2D eigenvalue weighted by Crippen LogP contribution is 2.25. The molecule has 0 aliphatic heterocycles. The van der Waals surface area contributed by atoms with Crippen LogP contribution in [-0.4, -0.2) is 34.6 Å². The van der Waals surface area contributed by atoms with Crippen LogP contribution in [0.1, 0.15) is 38.6 Å². The minimum absolute atomic E-state index is 0.182. The van der Waals surface area contributed by atoms with Crippen LogP contribution in [0.2, 0.25) is 0 Å². The minimum Gasteiger partial charge on any atom is -0.481 e. The van der Waals surface area contributed by atoms with Crippen LogP contribution in [0.3, 0.4) is 0 Å². The summed E-state index contributed by atoms with van der Waals surface area (Å²) in [7, 11) is 0. The zero-order chi connectivity index (χ0) is 23.3. The summed E-state index contributed by atoms with van der Waals surface area (Å²) in [5, 5.41) is 4.91. The molecule has 9 heteroatoms. The maximum Gasteiger partial charge on any atom is 0.344 e.